The Morgan fingerprint density at radius 1 is 1.28 bits per heavy atom. The summed E-state index contributed by atoms with van der Waals surface area (Å²) in [7, 11) is 0. The van der Waals surface area contributed by atoms with Crippen molar-refractivity contribution in [2.45, 2.75) is 18.5 Å². The molecular weight excluding hydrogens is 359 g/mol. The SMILES string of the molecule is O=C(CC1CSCCN1)NC(c1cccc(F)c1)c1cccc(Cl)c1. The highest BCUT2D eigenvalue weighted by Gasteiger charge is 2.21. The Kier molecular flexibility index (Phi) is 6.34. The Balaban J connectivity index is 1.79. The molecule has 2 aromatic rings. The van der Waals surface area contributed by atoms with Crippen LogP contribution in [0.15, 0.2) is 48.5 Å². The standard InChI is InChI=1S/C19H20ClFN2OS/c20-15-5-1-3-13(9-15)19(14-4-2-6-16(21)10-14)23-18(24)11-17-12-25-8-7-22-17/h1-6,9-10,17,19,22H,7-8,11-12H2,(H,23,24). The van der Waals surface area contributed by atoms with E-state index in [9.17, 15) is 9.18 Å². The van der Waals surface area contributed by atoms with Crippen molar-refractivity contribution in [3.8, 4) is 0 Å². The molecule has 1 saturated heterocycles. The van der Waals surface area contributed by atoms with Gasteiger partial charge in [0.25, 0.3) is 0 Å². The lowest BCUT2D eigenvalue weighted by Crippen LogP contribution is -2.42. The van der Waals surface area contributed by atoms with Gasteiger partial charge >= 0.3 is 0 Å². The lowest BCUT2D eigenvalue weighted by Gasteiger charge is -2.25. The van der Waals surface area contributed by atoms with E-state index in [0.717, 1.165) is 23.6 Å². The zero-order valence-corrected chi connectivity index (χ0v) is 15.2. The fourth-order valence-electron chi connectivity index (χ4n) is 2.93. The third-order valence-electron chi connectivity index (χ3n) is 4.10. The molecule has 0 bridgehead atoms. The van der Waals surface area contributed by atoms with Crippen LogP contribution in [0.1, 0.15) is 23.6 Å². The minimum absolute atomic E-state index is 0.0609. The van der Waals surface area contributed by atoms with Crippen molar-refractivity contribution in [3.63, 3.8) is 0 Å². The monoisotopic (exact) mass is 378 g/mol. The highest BCUT2D eigenvalue weighted by Crippen LogP contribution is 2.25. The third-order valence-corrected chi connectivity index (χ3v) is 5.47. The number of carbonyl (C=O) groups excluding carboxylic acids is 1. The van der Waals surface area contributed by atoms with Crippen LogP contribution in [0.4, 0.5) is 4.39 Å². The fourth-order valence-corrected chi connectivity index (χ4v) is 4.07. The van der Waals surface area contributed by atoms with Gasteiger partial charge < -0.3 is 10.6 Å². The molecule has 0 aliphatic carbocycles. The van der Waals surface area contributed by atoms with E-state index in [1.54, 1.807) is 18.2 Å². The Morgan fingerprint density at radius 3 is 2.72 bits per heavy atom. The van der Waals surface area contributed by atoms with Crippen molar-refractivity contribution in [1.82, 2.24) is 10.6 Å². The molecule has 3 rings (SSSR count). The number of rotatable bonds is 5. The van der Waals surface area contributed by atoms with Crippen LogP contribution in [0.5, 0.6) is 0 Å². The van der Waals surface area contributed by atoms with Crippen molar-refractivity contribution in [1.29, 1.82) is 0 Å². The lowest BCUT2D eigenvalue weighted by atomic mass is 9.98. The van der Waals surface area contributed by atoms with Crippen LogP contribution >= 0.6 is 23.4 Å². The highest BCUT2D eigenvalue weighted by molar-refractivity contribution is 7.99. The number of nitrogens with one attached hydrogen (secondary N) is 2. The van der Waals surface area contributed by atoms with Gasteiger partial charge in [0.2, 0.25) is 5.91 Å². The zero-order chi connectivity index (χ0) is 17.6. The minimum Gasteiger partial charge on any atom is -0.345 e. The van der Waals surface area contributed by atoms with E-state index >= 15 is 0 Å². The summed E-state index contributed by atoms with van der Waals surface area (Å²) >= 11 is 7.95. The van der Waals surface area contributed by atoms with Crippen LogP contribution < -0.4 is 10.6 Å². The molecule has 0 radical (unpaired) electrons. The molecule has 1 aliphatic rings. The number of halogens is 2. The average Bonchev–Trinajstić information content (AvgIpc) is 2.60. The first-order chi connectivity index (χ1) is 12.1. The van der Waals surface area contributed by atoms with Gasteiger partial charge in [-0.25, -0.2) is 4.39 Å². The summed E-state index contributed by atoms with van der Waals surface area (Å²) in [5.74, 6) is 1.61. The zero-order valence-electron chi connectivity index (χ0n) is 13.7. The van der Waals surface area contributed by atoms with Gasteiger partial charge in [-0.1, -0.05) is 35.9 Å². The topological polar surface area (TPSA) is 41.1 Å². The van der Waals surface area contributed by atoms with Crippen molar-refractivity contribution in [2.75, 3.05) is 18.1 Å². The average molecular weight is 379 g/mol. The number of amides is 1. The van der Waals surface area contributed by atoms with Crippen LogP contribution in [0.2, 0.25) is 5.02 Å². The molecule has 2 N–H and O–H groups in total. The molecule has 2 atom stereocenters. The van der Waals surface area contributed by atoms with Crippen molar-refractivity contribution < 1.29 is 9.18 Å². The summed E-state index contributed by atoms with van der Waals surface area (Å²) in [6, 6.07) is 13.3. The Hall–Kier alpha value is -1.56. The smallest absolute Gasteiger partial charge is 0.222 e. The minimum atomic E-state index is -0.432. The van der Waals surface area contributed by atoms with Crippen LogP contribution in [0, 0.1) is 5.82 Å². The number of thioether (sulfide) groups is 1. The first-order valence-electron chi connectivity index (χ1n) is 8.23. The van der Waals surface area contributed by atoms with Gasteiger partial charge in [-0.2, -0.15) is 11.8 Å². The lowest BCUT2D eigenvalue weighted by molar-refractivity contribution is -0.122. The Labute approximate surface area is 156 Å². The molecule has 1 heterocycles. The molecular formula is C19H20ClFN2OS. The van der Waals surface area contributed by atoms with Crippen molar-refractivity contribution >= 4 is 29.3 Å². The predicted molar refractivity (Wildman–Crippen MR) is 102 cm³/mol. The molecule has 1 aliphatic heterocycles. The largest absolute Gasteiger partial charge is 0.345 e. The third kappa shape index (κ3) is 5.21. The second-order valence-corrected chi connectivity index (χ2v) is 7.63. The highest BCUT2D eigenvalue weighted by atomic mass is 35.5. The maximum Gasteiger partial charge on any atom is 0.222 e. The summed E-state index contributed by atoms with van der Waals surface area (Å²) in [6.07, 6.45) is 0.402. The first kappa shape index (κ1) is 18.2. The van der Waals surface area contributed by atoms with E-state index in [1.807, 2.05) is 30.0 Å². The number of hydrogen-bond donors (Lipinski definition) is 2. The maximum atomic E-state index is 13.7. The van der Waals surface area contributed by atoms with Crippen molar-refractivity contribution in [2.24, 2.45) is 0 Å². The van der Waals surface area contributed by atoms with E-state index in [4.69, 9.17) is 11.6 Å². The second-order valence-electron chi connectivity index (χ2n) is 6.04. The molecule has 132 valence electrons. The van der Waals surface area contributed by atoms with E-state index in [2.05, 4.69) is 10.6 Å². The summed E-state index contributed by atoms with van der Waals surface area (Å²) in [5.41, 5.74) is 1.53. The second kappa shape index (κ2) is 8.70. The van der Waals surface area contributed by atoms with Crippen LogP contribution in [-0.2, 0) is 4.79 Å². The van der Waals surface area contributed by atoms with Gasteiger partial charge in [-0.15, -0.1) is 0 Å². The maximum absolute atomic E-state index is 13.7. The normalized spacial score (nSPS) is 18.6. The fraction of sp³-hybridized carbons (Fsp3) is 0.316. The van der Waals surface area contributed by atoms with Crippen LogP contribution in [0.25, 0.3) is 0 Å². The van der Waals surface area contributed by atoms with E-state index in [0.29, 0.717) is 17.0 Å². The molecule has 2 unspecified atom stereocenters. The van der Waals surface area contributed by atoms with Gasteiger partial charge in [0.1, 0.15) is 5.82 Å². The quantitative estimate of drug-likeness (QED) is 0.831. The summed E-state index contributed by atoms with van der Waals surface area (Å²) < 4.78 is 13.7. The van der Waals surface area contributed by atoms with E-state index in [1.165, 1.54) is 12.1 Å². The molecule has 0 saturated carbocycles. The van der Waals surface area contributed by atoms with Gasteiger partial charge in [0, 0.05) is 35.5 Å². The molecule has 6 heteroatoms. The van der Waals surface area contributed by atoms with Gasteiger partial charge in [0.05, 0.1) is 6.04 Å². The molecule has 0 spiro atoms. The number of hydrogen-bond acceptors (Lipinski definition) is 3. The summed E-state index contributed by atoms with van der Waals surface area (Å²) in [6.45, 7) is 0.921. The van der Waals surface area contributed by atoms with Crippen molar-refractivity contribution in [3.05, 3.63) is 70.5 Å². The molecule has 1 fully saturated rings. The first-order valence-corrected chi connectivity index (χ1v) is 9.76. The predicted octanol–water partition coefficient (Wildman–Crippen LogP) is 3.78. The van der Waals surface area contributed by atoms with Crippen LogP contribution in [0.3, 0.4) is 0 Å². The van der Waals surface area contributed by atoms with Gasteiger partial charge in [-0.05, 0) is 35.4 Å². The Morgan fingerprint density at radius 2 is 2.04 bits per heavy atom. The number of carbonyl (C=O) groups is 1. The summed E-state index contributed by atoms with van der Waals surface area (Å²) in [4.78, 5) is 12.6. The Bertz CT molecular complexity index is 691. The van der Waals surface area contributed by atoms with Crippen LogP contribution in [-0.4, -0.2) is 30.0 Å². The summed E-state index contributed by atoms with van der Waals surface area (Å²) in [5, 5.41) is 6.98. The molecule has 2 aromatic carbocycles. The molecule has 3 nitrogen and oxygen atoms in total. The molecule has 0 aromatic heterocycles. The number of benzene rings is 2. The van der Waals surface area contributed by atoms with E-state index < -0.39 is 6.04 Å². The molecule has 25 heavy (non-hydrogen) atoms. The van der Waals surface area contributed by atoms with Gasteiger partial charge in [0.15, 0.2) is 0 Å². The van der Waals surface area contributed by atoms with E-state index in [-0.39, 0.29) is 17.8 Å². The molecule has 1 amide bonds. The van der Waals surface area contributed by atoms with Gasteiger partial charge in [-0.3, -0.25) is 4.79 Å².